The fourth-order valence-corrected chi connectivity index (χ4v) is 1.64. The molecule has 0 radical (unpaired) electrons. The molecule has 1 aromatic rings. The summed E-state index contributed by atoms with van der Waals surface area (Å²) in [4.78, 5) is 11.0. The molecule has 0 unspecified atom stereocenters. The number of rotatable bonds is 0. The van der Waals surface area contributed by atoms with Gasteiger partial charge < -0.3 is 4.57 Å². The third-order valence-corrected chi connectivity index (χ3v) is 2.49. The summed E-state index contributed by atoms with van der Waals surface area (Å²) in [7, 11) is 2.00. The van der Waals surface area contributed by atoms with Crippen LogP contribution in [0, 0.1) is 0 Å². The first-order valence-electron chi connectivity index (χ1n) is 4.91. The lowest BCUT2D eigenvalue weighted by Gasteiger charge is -1.87. The van der Waals surface area contributed by atoms with Gasteiger partial charge in [0.25, 0.3) is 0 Å². The standard InChI is InChI=1S/C8H6O.C5H7N/c1-5-4-6-2-3-7(5)8(6)9;1-6-4-2-3-5-6/h2-4H,1H3;2-5H,1H3. The van der Waals surface area contributed by atoms with Gasteiger partial charge >= 0.3 is 0 Å². The third-order valence-electron chi connectivity index (χ3n) is 2.49. The number of aryl methyl sites for hydroxylation is 1. The highest BCUT2D eigenvalue weighted by Crippen LogP contribution is 2.29. The van der Waals surface area contributed by atoms with Crippen molar-refractivity contribution >= 4 is 5.78 Å². The van der Waals surface area contributed by atoms with Crippen molar-refractivity contribution < 1.29 is 4.79 Å². The van der Waals surface area contributed by atoms with Gasteiger partial charge in [-0.05, 0) is 30.7 Å². The van der Waals surface area contributed by atoms with Crippen LogP contribution < -0.4 is 0 Å². The van der Waals surface area contributed by atoms with Crippen LogP contribution in [0.15, 0.2) is 59.5 Å². The monoisotopic (exact) mass is 199 g/mol. The maximum Gasteiger partial charge on any atom is 0.193 e. The maximum absolute atomic E-state index is 11.0. The molecule has 0 N–H and O–H groups in total. The van der Waals surface area contributed by atoms with Crippen LogP contribution in [0.25, 0.3) is 0 Å². The Morgan fingerprint density at radius 3 is 2.00 bits per heavy atom. The zero-order chi connectivity index (χ0) is 10.8. The summed E-state index contributed by atoms with van der Waals surface area (Å²) in [5.41, 5.74) is 2.84. The van der Waals surface area contributed by atoms with Gasteiger partial charge in [-0.1, -0.05) is 12.2 Å². The average Bonchev–Trinajstić information content (AvgIpc) is 2.86. The van der Waals surface area contributed by atoms with Crippen molar-refractivity contribution in [2.45, 2.75) is 6.92 Å². The van der Waals surface area contributed by atoms with Gasteiger partial charge in [0, 0.05) is 30.6 Å². The molecule has 3 rings (SSSR count). The van der Waals surface area contributed by atoms with Crippen LogP contribution in [-0.2, 0) is 11.8 Å². The lowest BCUT2D eigenvalue weighted by atomic mass is 10.2. The molecule has 0 aliphatic heterocycles. The van der Waals surface area contributed by atoms with Crippen molar-refractivity contribution in [1.82, 2.24) is 4.57 Å². The van der Waals surface area contributed by atoms with Gasteiger partial charge in [0.2, 0.25) is 0 Å². The summed E-state index contributed by atoms with van der Waals surface area (Å²) in [5, 5.41) is 0. The topological polar surface area (TPSA) is 22.0 Å². The Labute approximate surface area is 89.2 Å². The van der Waals surface area contributed by atoms with Gasteiger partial charge in [-0.25, -0.2) is 0 Å². The summed E-state index contributed by atoms with van der Waals surface area (Å²) >= 11 is 0. The Kier molecular flexibility index (Phi) is 2.42. The molecule has 2 bridgehead atoms. The maximum atomic E-state index is 11.0. The fraction of sp³-hybridized carbons (Fsp3) is 0.154. The van der Waals surface area contributed by atoms with E-state index >= 15 is 0 Å². The quantitative estimate of drug-likeness (QED) is 0.629. The van der Waals surface area contributed by atoms with E-state index in [1.807, 2.05) is 61.3 Å². The molecule has 1 aromatic heterocycles. The highest BCUT2D eigenvalue weighted by molar-refractivity contribution is 6.18. The summed E-state index contributed by atoms with van der Waals surface area (Å²) in [6.45, 7) is 1.96. The van der Waals surface area contributed by atoms with Crippen LogP contribution in [0.1, 0.15) is 6.92 Å². The summed E-state index contributed by atoms with van der Waals surface area (Å²) in [6.07, 6.45) is 9.68. The smallest absolute Gasteiger partial charge is 0.193 e. The summed E-state index contributed by atoms with van der Waals surface area (Å²) in [6, 6.07) is 4.00. The van der Waals surface area contributed by atoms with Gasteiger partial charge in [0.15, 0.2) is 5.78 Å². The van der Waals surface area contributed by atoms with E-state index in [2.05, 4.69) is 0 Å². The molecular weight excluding hydrogens is 186 g/mol. The normalized spacial score (nSPS) is 16.7. The Balaban J connectivity index is 0.000000124. The molecule has 0 amide bonds. The second-order valence-electron chi connectivity index (χ2n) is 3.71. The Morgan fingerprint density at radius 2 is 1.80 bits per heavy atom. The second kappa shape index (κ2) is 3.73. The molecule has 2 nitrogen and oxygen atoms in total. The number of fused-ring (bicyclic) bond motifs is 2. The van der Waals surface area contributed by atoms with E-state index in [1.165, 1.54) is 0 Å². The predicted molar refractivity (Wildman–Crippen MR) is 60.3 cm³/mol. The second-order valence-corrected chi connectivity index (χ2v) is 3.71. The summed E-state index contributed by atoms with van der Waals surface area (Å²) in [5.74, 6) is 0.201. The van der Waals surface area contributed by atoms with E-state index in [0.717, 1.165) is 16.7 Å². The lowest BCUT2D eigenvalue weighted by Crippen LogP contribution is -1.90. The third kappa shape index (κ3) is 1.84. The predicted octanol–water partition coefficient (Wildman–Crippen LogP) is 2.41. The van der Waals surface area contributed by atoms with Gasteiger partial charge in [-0.15, -0.1) is 0 Å². The molecule has 15 heavy (non-hydrogen) atoms. The molecule has 0 fully saturated rings. The first-order valence-corrected chi connectivity index (χ1v) is 4.91. The van der Waals surface area contributed by atoms with Crippen molar-refractivity contribution in [3.63, 3.8) is 0 Å². The number of carbonyl (C=O) groups is 1. The van der Waals surface area contributed by atoms with Crippen molar-refractivity contribution in [3.8, 4) is 0 Å². The minimum Gasteiger partial charge on any atom is -0.357 e. The number of ketones is 1. The van der Waals surface area contributed by atoms with Gasteiger partial charge in [-0.3, -0.25) is 4.79 Å². The molecule has 0 spiro atoms. The number of hydrogen-bond acceptors (Lipinski definition) is 1. The van der Waals surface area contributed by atoms with E-state index in [1.54, 1.807) is 0 Å². The zero-order valence-corrected chi connectivity index (χ0v) is 8.90. The Bertz CT molecular complexity index is 473. The minimum atomic E-state index is 0.201. The molecular formula is C13H13NO. The van der Waals surface area contributed by atoms with E-state index in [-0.39, 0.29) is 5.78 Å². The number of carbonyl (C=O) groups excluding carboxylic acids is 1. The van der Waals surface area contributed by atoms with Crippen molar-refractivity contribution in [3.05, 3.63) is 59.5 Å². The van der Waals surface area contributed by atoms with E-state index in [9.17, 15) is 4.79 Å². The first-order chi connectivity index (χ1) is 7.18. The molecule has 2 heteroatoms. The molecule has 76 valence electrons. The van der Waals surface area contributed by atoms with Crippen LogP contribution >= 0.6 is 0 Å². The van der Waals surface area contributed by atoms with Gasteiger partial charge in [0.1, 0.15) is 0 Å². The number of hydrogen-bond donors (Lipinski definition) is 0. The van der Waals surface area contributed by atoms with Crippen molar-refractivity contribution in [2.24, 2.45) is 7.05 Å². The number of nitrogens with zero attached hydrogens (tertiary/aromatic N) is 1. The van der Waals surface area contributed by atoms with Crippen molar-refractivity contribution in [1.29, 1.82) is 0 Å². The van der Waals surface area contributed by atoms with Crippen LogP contribution in [0.3, 0.4) is 0 Å². The van der Waals surface area contributed by atoms with Crippen molar-refractivity contribution in [2.75, 3.05) is 0 Å². The lowest BCUT2D eigenvalue weighted by molar-refractivity contribution is -0.111. The van der Waals surface area contributed by atoms with Gasteiger partial charge in [-0.2, -0.15) is 0 Å². The highest BCUT2D eigenvalue weighted by atomic mass is 16.1. The number of allylic oxidation sites excluding steroid dienone is 6. The molecule has 2 aliphatic rings. The van der Waals surface area contributed by atoms with E-state index < -0.39 is 0 Å². The molecule has 0 saturated carbocycles. The minimum absolute atomic E-state index is 0.201. The van der Waals surface area contributed by atoms with Crippen LogP contribution in [0.2, 0.25) is 0 Å². The first kappa shape index (κ1) is 9.71. The fourth-order valence-electron chi connectivity index (χ4n) is 1.64. The molecule has 1 heterocycles. The Hall–Kier alpha value is -1.83. The average molecular weight is 199 g/mol. The highest BCUT2D eigenvalue weighted by Gasteiger charge is 2.23. The van der Waals surface area contributed by atoms with Crippen LogP contribution in [0.5, 0.6) is 0 Å². The number of aromatic nitrogens is 1. The number of Topliss-reactive ketones (excluding diaryl/α,β-unsaturated/α-hetero) is 1. The largest absolute Gasteiger partial charge is 0.357 e. The van der Waals surface area contributed by atoms with E-state index in [4.69, 9.17) is 0 Å². The molecule has 0 saturated heterocycles. The zero-order valence-electron chi connectivity index (χ0n) is 8.90. The molecule has 0 aromatic carbocycles. The molecule has 2 aliphatic carbocycles. The summed E-state index contributed by atoms with van der Waals surface area (Å²) < 4.78 is 2.00. The SMILES string of the molecule is CC1=C2C=CC(=C1)C2=O.Cn1cccc1. The van der Waals surface area contributed by atoms with Crippen LogP contribution in [0.4, 0.5) is 0 Å². The van der Waals surface area contributed by atoms with E-state index in [0.29, 0.717) is 0 Å². The van der Waals surface area contributed by atoms with Crippen LogP contribution in [-0.4, -0.2) is 10.4 Å². The van der Waals surface area contributed by atoms with Gasteiger partial charge in [0.05, 0.1) is 0 Å². The Morgan fingerprint density at radius 1 is 1.13 bits per heavy atom. The molecule has 0 atom stereocenters.